The Morgan fingerprint density at radius 3 is 2.63 bits per heavy atom. The predicted molar refractivity (Wildman–Crippen MR) is 108 cm³/mol. The number of likely N-dealkylation sites (tertiary alicyclic amines) is 1. The number of carbonyl (C=O) groups excluding carboxylic acids is 2. The molecular weight excluding hydrogens is 385 g/mol. The smallest absolute Gasteiger partial charge is 0.295 e. The van der Waals surface area contributed by atoms with E-state index in [1.165, 1.54) is 11.0 Å². The summed E-state index contributed by atoms with van der Waals surface area (Å²) in [5.74, 6) is -1.44. The monoisotopic (exact) mass is 407 g/mol. The second-order valence-electron chi connectivity index (χ2n) is 8.09. The van der Waals surface area contributed by atoms with Crippen molar-refractivity contribution in [1.29, 1.82) is 0 Å². The molecule has 5 rings (SSSR count). The van der Waals surface area contributed by atoms with Crippen LogP contribution < -0.4 is 4.74 Å². The highest BCUT2D eigenvalue weighted by Crippen LogP contribution is 2.44. The van der Waals surface area contributed by atoms with Crippen LogP contribution in [0.4, 0.5) is 4.39 Å². The lowest BCUT2D eigenvalue weighted by Gasteiger charge is -2.31. The first kappa shape index (κ1) is 18.9. The van der Waals surface area contributed by atoms with Crippen LogP contribution in [0.5, 0.6) is 5.75 Å². The van der Waals surface area contributed by atoms with E-state index in [1.807, 2.05) is 0 Å². The van der Waals surface area contributed by atoms with Crippen LogP contribution in [0.25, 0.3) is 5.76 Å². The van der Waals surface area contributed by atoms with E-state index in [0.29, 0.717) is 18.6 Å². The van der Waals surface area contributed by atoms with Crippen LogP contribution in [-0.4, -0.2) is 34.3 Å². The van der Waals surface area contributed by atoms with Gasteiger partial charge in [0.15, 0.2) is 0 Å². The number of aliphatic hydroxyl groups is 1. The van der Waals surface area contributed by atoms with Gasteiger partial charge in [-0.3, -0.25) is 9.59 Å². The van der Waals surface area contributed by atoms with Crippen molar-refractivity contribution in [2.24, 2.45) is 0 Å². The summed E-state index contributed by atoms with van der Waals surface area (Å²) < 4.78 is 20.3. The predicted octanol–water partition coefficient (Wildman–Crippen LogP) is 4.12. The highest BCUT2D eigenvalue weighted by atomic mass is 19.1. The second-order valence-corrected chi connectivity index (χ2v) is 8.09. The minimum Gasteiger partial charge on any atom is -0.507 e. The molecule has 0 aromatic heterocycles. The first-order chi connectivity index (χ1) is 14.6. The largest absolute Gasteiger partial charge is 0.507 e. The van der Waals surface area contributed by atoms with Crippen molar-refractivity contribution in [3.8, 4) is 5.75 Å². The number of ketones is 1. The fourth-order valence-corrected chi connectivity index (χ4v) is 4.90. The number of Topliss-reactive ketones (excluding diaryl/α,β-unsaturated/α-hetero) is 1. The van der Waals surface area contributed by atoms with Gasteiger partial charge in [-0.25, -0.2) is 4.39 Å². The highest BCUT2D eigenvalue weighted by molar-refractivity contribution is 6.46. The van der Waals surface area contributed by atoms with Gasteiger partial charge in [-0.05, 0) is 42.7 Å². The SMILES string of the molecule is O=C1C(=O)N(C2CCCC2)C(c2ccccc2F)/C1=C(\O)c1ccc2c(c1)CCO2. The van der Waals surface area contributed by atoms with Gasteiger partial charge < -0.3 is 14.7 Å². The van der Waals surface area contributed by atoms with E-state index in [-0.39, 0.29) is 22.9 Å². The summed E-state index contributed by atoms with van der Waals surface area (Å²) in [6.45, 7) is 0.570. The van der Waals surface area contributed by atoms with Crippen LogP contribution in [-0.2, 0) is 16.0 Å². The van der Waals surface area contributed by atoms with Crippen molar-refractivity contribution < 1.29 is 23.8 Å². The van der Waals surface area contributed by atoms with Gasteiger partial charge in [-0.2, -0.15) is 0 Å². The van der Waals surface area contributed by atoms with E-state index in [2.05, 4.69) is 0 Å². The van der Waals surface area contributed by atoms with Gasteiger partial charge in [0.05, 0.1) is 18.2 Å². The number of ether oxygens (including phenoxy) is 1. The average Bonchev–Trinajstić information content (AvgIpc) is 3.48. The molecule has 1 aliphatic carbocycles. The molecule has 0 spiro atoms. The number of aliphatic hydroxyl groups excluding tert-OH is 1. The van der Waals surface area contributed by atoms with Crippen molar-refractivity contribution in [1.82, 2.24) is 4.90 Å². The number of amides is 1. The van der Waals surface area contributed by atoms with Crippen molar-refractivity contribution in [3.63, 3.8) is 0 Å². The minimum absolute atomic E-state index is 0.0455. The normalized spacial score (nSPS) is 23.1. The van der Waals surface area contributed by atoms with Crippen LogP contribution in [0.3, 0.4) is 0 Å². The van der Waals surface area contributed by atoms with Gasteiger partial charge in [0.25, 0.3) is 11.7 Å². The number of nitrogens with zero attached hydrogens (tertiary/aromatic N) is 1. The maximum atomic E-state index is 14.8. The number of halogens is 1. The molecular formula is C24H22FNO4. The van der Waals surface area contributed by atoms with Crippen LogP contribution >= 0.6 is 0 Å². The first-order valence-corrected chi connectivity index (χ1v) is 10.4. The van der Waals surface area contributed by atoms with Crippen molar-refractivity contribution in [2.45, 2.75) is 44.2 Å². The molecule has 154 valence electrons. The Bertz CT molecular complexity index is 1070. The number of fused-ring (bicyclic) bond motifs is 1. The molecule has 6 heteroatoms. The summed E-state index contributed by atoms with van der Waals surface area (Å²) in [6, 6.07) is 10.3. The number of hydrogen-bond acceptors (Lipinski definition) is 4. The van der Waals surface area contributed by atoms with Gasteiger partial charge >= 0.3 is 0 Å². The summed E-state index contributed by atoms with van der Waals surface area (Å²) in [6.07, 6.45) is 4.18. The Morgan fingerprint density at radius 2 is 1.87 bits per heavy atom. The Hall–Kier alpha value is -3.15. The molecule has 2 aromatic rings. The molecule has 1 N–H and O–H groups in total. The third-order valence-electron chi connectivity index (χ3n) is 6.36. The molecule has 1 unspecified atom stereocenters. The van der Waals surface area contributed by atoms with E-state index in [0.717, 1.165) is 37.0 Å². The van der Waals surface area contributed by atoms with Gasteiger partial charge in [-0.1, -0.05) is 31.0 Å². The molecule has 0 bridgehead atoms. The lowest BCUT2D eigenvalue weighted by molar-refractivity contribution is -0.141. The maximum Gasteiger partial charge on any atom is 0.295 e. The van der Waals surface area contributed by atoms with Gasteiger partial charge in [0, 0.05) is 23.6 Å². The summed E-state index contributed by atoms with van der Waals surface area (Å²) in [5.41, 5.74) is 1.56. The summed E-state index contributed by atoms with van der Waals surface area (Å²) in [5, 5.41) is 11.1. The zero-order chi connectivity index (χ0) is 20.8. The van der Waals surface area contributed by atoms with Crippen LogP contribution in [0.1, 0.15) is 48.4 Å². The molecule has 2 fully saturated rings. The Labute approximate surface area is 173 Å². The fourth-order valence-electron chi connectivity index (χ4n) is 4.90. The zero-order valence-corrected chi connectivity index (χ0v) is 16.4. The maximum absolute atomic E-state index is 14.8. The van der Waals surface area contributed by atoms with Crippen molar-refractivity contribution in [2.75, 3.05) is 6.61 Å². The van der Waals surface area contributed by atoms with Crippen LogP contribution in [0.15, 0.2) is 48.0 Å². The van der Waals surface area contributed by atoms with Gasteiger partial charge in [0.2, 0.25) is 0 Å². The molecule has 2 aliphatic heterocycles. The Kier molecular flexibility index (Phi) is 4.57. The van der Waals surface area contributed by atoms with E-state index >= 15 is 0 Å². The van der Waals surface area contributed by atoms with E-state index in [9.17, 15) is 19.1 Å². The van der Waals surface area contributed by atoms with E-state index < -0.39 is 23.5 Å². The van der Waals surface area contributed by atoms with Crippen molar-refractivity contribution >= 4 is 17.4 Å². The lowest BCUT2D eigenvalue weighted by atomic mass is 9.93. The summed E-state index contributed by atoms with van der Waals surface area (Å²) >= 11 is 0. The fraction of sp³-hybridized carbons (Fsp3) is 0.333. The number of carbonyl (C=O) groups is 2. The number of benzene rings is 2. The minimum atomic E-state index is -0.932. The van der Waals surface area contributed by atoms with E-state index in [4.69, 9.17) is 4.74 Å². The summed E-state index contributed by atoms with van der Waals surface area (Å²) in [7, 11) is 0. The third kappa shape index (κ3) is 2.90. The van der Waals surface area contributed by atoms with Gasteiger partial charge in [0.1, 0.15) is 17.3 Å². The third-order valence-corrected chi connectivity index (χ3v) is 6.36. The van der Waals surface area contributed by atoms with Crippen LogP contribution in [0.2, 0.25) is 0 Å². The number of rotatable bonds is 3. The second kappa shape index (κ2) is 7.27. The quantitative estimate of drug-likeness (QED) is 0.472. The van der Waals surface area contributed by atoms with Gasteiger partial charge in [-0.15, -0.1) is 0 Å². The molecule has 3 aliphatic rings. The Balaban J connectivity index is 1.68. The number of hydrogen-bond donors (Lipinski definition) is 1. The molecule has 1 saturated carbocycles. The van der Waals surface area contributed by atoms with Crippen LogP contribution in [0, 0.1) is 5.82 Å². The lowest BCUT2D eigenvalue weighted by Crippen LogP contribution is -2.38. The van der Waals surface area contributed by atoms with Crippen molar-refractivity contribution in [3.05, 3.63) is 70.5 Å². The molecule has 1 saturated heterocycles. The topological polar surface area (TPSA) is 66.8 Å². The zero-order valence-electron chi connectivity index (χ0n) is 16.4. The van der Waals surface area contributed by atoms with E-state index in [1.54, 1.807) is 36.4 Å². The highest BCUT2D eigenvalue weighted by Gasteiger charge is 2.49. The molecule has 0 radical (unpaired) electrons. The molecule has 1 amide bonds. The first-order valence-electron chi connectivity index (χ1n) is 10.4. The summed E-state index contributed by atoms with van der Waals surface area (Å²) in [4.78, 5) is 27.6. The Morgan fingerprint density at radius 1 is 1.10 bits per heavy atom. The molecule has 2 aromatic carbocycles. The average molecular weight is 407 g/mol. The molecule has 5 nitrogen and oxygen atoms in total. The molecule has 1 atom stereocenters. The standard InChI is InChI=1S/C24H22FNO4/c25-18-8-4-3-7-17(18)21-20(23(28)24(29)26(21)16-5-1-2-6-16)22(27)15-9-10-19-14(13-15)11-12-30-19/h3-4,7-10,13,16,21,27H,1-2,5-6,11-12H2/b22-20+. The molecule has 30 heavy (non-hydrogen) atoms. The molecule has 2 heterocycles.